The molecule has 1 aromatic rings. The van der Waals surface area contributed by atoms with Crippen molar-refractivity contribution in [2.45, 2.75) is 38.8 Å². The number of amides is 1. The molecule has 0 atom stereocenters. The van der Waals surface area contributed by atoms with Gasteiger partial charge in [-0.15, -0.1) is 0 Å². The molecule has 0 aliphatic heterocycles. The Kier molecular flexibility index (Phi) is 4.06. The van der Waals surface area contributed by atoms with Crippen molar-refractivity contribution < 1.29 is 4.79 Å². The molecular weight excluding hydrogens is 204 g/mol. The lowest BCUT2D eigenvalue weighted by atomic mass is 9.93. The van der Waals surface area contributed by atoms with Crippen LogP contribution in [0.3, 0.4) is 0 Å². The molecule has 5 heteroatoms. The number of nitrogens with two attached hydrogens (primary N) is 1. The average molecular weight is 224 g/mol. The Hall–Kier alpha value is -1.36. The third kappa shape index (κ3) is 2.61. The topological polar surface area (TPSA) is 72.9 Å². The number of nitrogens with one attached hydrogen (secondary N) is 1. The third-order valence-corrected chi connectivity index (χ3v) is 3.04. The van der Waals surface area contributed by atoms with Gasteiger partial charge in [0.2, 0.25) is 5.91 Å². The van der Waals surface area contributed by atoms with Crippen LogP contribution in [-0.2, 0) is 18.4 Å². The fraction of sp³-hybridized carbons (Fsp3) is 0.636. The summed E-state index contributed by atoms with van der Waals surface area (Å²) in [7, 11) is 1.89. The number of carbonyl (C=O) groups excluding carboxylic acids is 1. The highest BCUT2D eigenvalue weighted by atomic mass is 16.2. The summed E-state index contributed by atoms with van der Waals surface area (Å²) in [5.41, 5.74) is 5.22. The van der Waals surface area contributed by atoms with E-state index in [9.17, 15) is 4.79 Å². The number of hydrogen-bond donors (Lipinski definition) is 2. The molecule has 0 aromatic carbocycles. The maximum Gasteiger partial charge on any atom is 0.240 e. The second kappa shape index (κ2) is 5.12. The first-order chi connectivity index (χ1) is 7.53. The maximum atomic E-state index is 11.9. The van der Waals surface area contributed by atoms with Crippen LogP contribution in [-0.4, -0.2) is 21.0 Å². The van der Waals surface area contributed by atoms with E-state index in [0.717, 1.165) is 5.82 Å². The highest BCUT2D eigenvalue weighted by Gasteiger charge is 2.29. The molecule has 5 nitrogen and oxygen atoms in total. The molecular formula is C11H20N4O. The predicted octanol–water partition coefficient (Wildman–Crippen LogP) is 0.554. The molecule has 1 amide bonds. The van der Waals surface area contributed by atoms with Crippen molar-refractivity contribution in [2.75, 3.05) is 0 Å². The number of nitrogens with zero attached hydrogens (tertiary/aromatic N) is 2. The molecule has 1 rings (SSSR count). The first-order valence-corrected chi connectivity index (χ1v) is 5.57. The van der Waals surface area contributed by atoms with Gasteiger partial charge in [-0.2, -0.15) is 0 Å². The highest BCUT2D eigenvalue weighted by Crippen LogP contribution is 2.11. The number of aryl methyl sites for hydroxylation is 1. The lowest BCUT2D eigenvalue weighted by Crippen LogP contribution is -2.53. The summed E-state index contributed by atoms with van der Waals surface area (Å²) >= 11 is 0. The van der Waals surface area contributed by atoms with Crippen LogP contribution >= 0.6 is 0 Å². The minimum absolute atomic E-state index is 0.111. The highest BCUT2D eigenvalue weighted by molar-refractivity contribution is 5.85. The zero-order valence-electron chi connectivity index (χ0n) is 10.2. The molecule has 0 saturated heterocycles. The van der Waals surface area contributed by atoms with Crippen LogP contribution < -0.4 is 11.1 Å². The lowest BCUT2D eigenvalue weighted by Gasteiger charge is -2.25. The summed E-state index contributed by atoms with van der Waals surface area (Å²) in [6.45, 7) is 4.26. The summed E-state index contributed by atoms with van der Waals surface area (Å²) in [4.78, 5) is 16.0. The summed E-state index contributed by atoms with van der Waals surface area (Å²) < 4.78 is 1.87. The normalized spacial score (nSPS) is 11.5. The fourth-order valence-electron chi connectivity index (χ4n) is 1.47. The van der Waals surface area contributed by atoms with E-state index >= 15 is 0 Å². The molecule has 3 N–H and O–H groups in total. The Morgan fingerprint density at radius 2 is 2.19 bits per heavy atom. The smallest absolute Gasteiger partial charge is 0.240 e. The Morgan fingerprint density at radius 3 is 2.62 bits per heavy atom. The van der Waals surface area contributed by atoms with Gasteiger partial charge in [-0.1, -0.05) is 13.8 Å². The van der Waals surface area contributed by atoms with Gasteiger partial charge in [-0.3, -0.25) is 4.79 Å². The molecule has 0 bridgehead atoms. The second-order valence-corrected chi connectivity index (χ2v) is 4.00. The van der Waals surface area contributed by atoms with Crippen molar-refractivity contribution >= 4 is 5.91 Å². The second-order valence-electron chi connectivity index (χ2n) is 4.00. The van der Waals surface area contributed by atoms with Gasteiger partial charge in [-0.25, -0.2) is 4.98 Å². The quantitative estimate of drug-likeness (QED) is 0.767. The number of carbonyl (C=O) groups is 1. The van der Waals surface area contributed by atoms with Crippen LogP contribution in [0.5, 0.6) is 0 Å². The van der Waals surface area contributed by atoms with Crippen LogP contribution in [0, 0.1) is 0 Å². The zero-order valence-corrected chi connectivity index (χ0v) is 10.2. The SMILES string of the molecule is CCC(N)(CC)C(=O)NCc1nccn1C. The van der Waals surface area contributed by atoms with Gasteiger partial charge in [0.1, 0.15) is 5.82 Å². The van der Waals surface area contributed by atoms with Crippen LogP contribution in [0.25, 0.3) is 0 Å². The van der Waals surface area contributed by atoms with Crippen molar-refractivity contribution in [1.82, 2.24) is 14.9 Å². The van der Waals surface area contributed by atoms with Gasteiger partial charge in [-0.05, 0) is 12.8 Å². The van der Waals surface area contributed by atoms with E-state index in [0.29, 0.717) is 19.4 Å². The molecule has 1 aromatic heterocycles. The van der Waals surface area contributed by atoms with E-state index in [1.54, 1.807) is 6.20 Å². The average Bonchev–Trinajstić information content (AvgIpc) is 2.70. The Bertz CT molecular complexity index is 355. The Morgan fingerprint density at radius 1 is 1.56 bits per heavy atom. The molecule has 0 fully saturated rings. The van der Waals surface area contributed by atoms with Crippen LogP contribution in [0.2, 0.25) is 0 Å². The van der Waals surface area contributed by atoms with Gasteiger partial charge in [0, 0.05) is 19.4 Å². The van der Waals surface area contributed by atoms with E-state index in [1.807, 2.05) is 31.7 Å². The lowest BCUT2D eigenvalue weighted by molar-refractivity contribution is -0.126. The molecule has 16 heavy (non-hydrogen) atoms. The number of hydrogen-bond acceptors (Lipinski definition) is 3. The van der Waals surface area contributed by atoms with Crippen molar-refractivity contribution in [3.8, 4) is 0 Å². The van der Waals surface area contributed by atoms with E-state index < -0.39 is 5.54 Å². The summed E-state index contributed by atoms with van der Waals surface area (Å²) in [6, 6.07) is 0. The third-order valence-electron chi connectivity index (χ3n) is 3.04. The largest absolute Gasteiger partial charge is 0.347 e. The van der Waals surface area contributed by atoms with Crippen molar-refractivity contribution in [3.05, 3.63) is 18.2 Å². The van der Waals surface area contributed by atoms with Crippen molar-refractivity contribution in [2.24, 2.45) is 12.8 Å². The number of aromatic nitrogens is 2. The minimum atomic E-state index is -0.759. The van der Waals surface area contributed by atoms with Gasteiger partial charge >= 0.3 is 0 Å². The fourth-order valence-corrected chi connectivity index (χ4v) is 1.47. The molecule has 0 aliphatic rings. The van der Waals surface area contributed by atoms with Crippen LogP contribution in [0.4, 0.5) is 0 Å². The first-order valence-electron chi connectivity index (χ1n) is 5.57. The standard InChI is InChI=1S/C11H20N4O/c1-4-11(12,5-2)10(16)14-8-9-13-6-7-15(9)3/h6-7H,4-5,8,12H2,1-3H3,(H,14,16). The van der Waals surface area contributed by atoms with Crippen LogP contribution in [0.1, 0.15) is 32.5 Å². The van der Waals surface area contributed by atoms with Gasteiger partial charge in [0.15, 0.2) is 0 Å². The summed E-state index contributed by atoms with van der Waals surface area (Å²) in [6.07, 6.45) is 4.82. The predicted molar refractivity (Wildman–Crippen MR) is 62.6 cm³/mol. The van der Waals surface area contributed by atoms with E-state index in [4.69, 9.17) is 5.73 Å². The van der Waals surface area contributed by atoms with Crippen LogP contribution in [0.15, 0.2) is 12.4 Å². The molecule has 90 valence electrons. The van der Waals surface area contributed by atoms with Crippen molar-refractivity contribution in [1.29, 1.82) is 0 Å². The first kappa shape index (κ1) is 12.7. The Labute approximate surface area is 96.0 Å². The number of rotatable bonds is 5. The summed E-state index contributed by atoms with van der Waals surface area (Å²) in [5.74, 6) is 0.711. The molecule has 0 aliphatic carbocycles. The molecule has 0 radical (unpaired) electrons. The molecule has 1 heterocycles. The monoisotopic (exact) mass is 224 g/mol. The molecule has 0 spiro atoms. The number of imidazole rings is 1. The minimum Gasteiger partial charge on any atom is -0.347 e. The van der Waals surface area contributed by atoms with Crippen molar-refractivity contribution in [3.63, 3.8) is 0 Å². The van der Waals surface area contributed by atoms with E-state index in [2.05, 4.69) is 10.3 Å². The maximum absolute atomic E-state index is 11.9. The van der Waals surface area contributed by atoms with Gasteiger partial charge in [0.05, 0.1) is 12.1 Å². The van der Waals surface area contributed by atoms with E-state index in [-0.39, 0.29) is 5.91 Å². The van der Waals surface area contributed by atoms with E-state index in [1.165, 1.54) is 0 Å². The van der Waals surface area contributed by atoms with Gasteiger partial charge < -0.3 is 15.6 Å². The molecule has 0 saturated carbocycles. The zero-order chi connectivity index (χ0) is 12.2. The Balaban J connectivity index is 2.56. The summed E-state index contributed by atoms with van der Waals surface area (Å²) in [5, 5.41) is 2.82. The molecule has 0 unspecified atom stereocenters. The van der Waals surface area contributed by atoms with Gasteiger partial charge in [0.25, 0.3) is 0 Å².